The summed E-state index contributed by atoms with van der Waals surface area (Å²) >= 11 is 0. The van der Waals surface area contributed by atoms with Gasteiger partial charge in [0, 0.05) is 37.5 Å². The highest BCUT2D eigenvalue weighted by Crippen LogP contribution is 2.21. The molecule has 0 unspecified atom stereocenters. The largest absolute Gasteiger partial charge is 0.489 e. The van der Waals surface area contributed by atoms with Gasteiger partial charge in [-0.15, -0.1) is 0 Å². The number of aromatic nitrogens is 3. The van der Waals surface area contributed by atoms with Gasteiger partial charge in [-0.1, -0.05) is 11.2 Å². The molecule has 3 rings (SSSR count). The van der Waals surface area contributed by atoms with Crippen molar-refractivity contribution < 1.29 is 18.4 Å². The summed E-state index contributed by atoms with van der Waals surface area (Å²) in [6, 6.07) is 5.84. The van der Waals surface area contributed by atoms with Crippen molar-refractivity contribution in [2.45, 2.75) is 47.4 Å². The quantitative estimate of drug-likeness (QED) is 0.603. The Morgan fingerprint density at radius 2 is 2.03 bits per heavy atom. The fourth-order valence-electron chi connectivity index (χ4n) is 3.20. The van der Waals surface area contributed by atoms with Crippen LogP contribution < -0.4 is 4.74 Å². The Labute approximate surface area is 169 Å². The Morgan fingerprint density at radius 1 is 1.28 bits per heavy atom. The minimum absolute atomic E-state index is 0.0551. The zero-order valence-corrected chi connectivity index (χ0v) is 17.3. The maximum Gasteiger partial charge on any atom is 0.276 e. The summed E-state index contributed by atoms with van der Waals surface area (Å²) in [5.74, 6) is 0.196. The second-order valence-electron chi connectivity index (χ2n) is 6.94. The van der Waals surface area contributed by atoms with Crippen LogP contribution in [0.25, 0.3) is 0 Å². The maximum atomic E-state index is 13.3. The van der Waals surface area contributed by atoms with Crippen molar-refractivity contribution in [3.8, 4) is 5.75 Å². The third-order valence-electron chi connectivity index (χ3n) is 4.94. The van der Waals surface area contributed by atoms with Crippen LogP contribution in [0.5, 0.6) is 5.75 Å². The topological polar surface area (TPSA) is 73.4 Å². The van der Waals surface area contributed by atoms with Crippen molar-refractivity contribution in [1.29, 1.82) is 0 Å². The van der Waals surface area contributed by atoms with Crippen molar-refractivity contribution in [3.63, 3.8) is 0 Å². The van der Waals surface area contributed by atoms with Gasteiger partial charge in [-0.05, 0) is 39.8 Å². The predicted molar refractivity (Wildman–Crippen MR) is 105 cm³/mol. The van der Waals surface area contributed by atoms with Crippen LogP contribution in [0, 0.1) is 26.6 Å². The van der Waals surface area contributed by atoms with Crippen LogP contribution in [0.15, 0.2) is 28.8 Å². The van der Waals surface area contributed by atoms with Gasteiger partial charge in [0.05, 0.1) is 11.3 Å². The van der Waals surface area contributed by atoms with Crippen LogP contribution in [-0.2, 0) is 19.7 Å². The molecule has 1 aromatic carbocycles. The Balaban J connectivity index is 1.76. The molecular weight excluding hydrogens is 375 g/mol. The summed E-state index contributed by atoms with van der Waals surface area (Å²) in [4.78, 5) is 14.6. The number of rotatable bonds is 7. The van der Waals surface area contributed by atoms with Crippen LogP contribution in [0.2, 0.25) is 0 Å². The van der Waals surface area contributed by atoms with E-state index in [9.17, 15) is 9.18 Å². The summed E-state index contributed by atoms with van der Waals surface area (Å²) in [5.41, 5.74) is 3.69. The first kappa shape index (κ1) is 20.6. The van der Waals surface area contributed by atoms with Gasteiger partial charge in [0.15, 0.2) is 5.69 Å². The number of aryl methyl sites for hydroxylation is 3. The summed E-state index contributed by atoms with van der Waals surface area (Å²) in [6.07, 6.45) is 0. The molecule has 29 heavy (non-hydrogen) atoms. The lowest BCUT2D eigenvalue weighted by atomic mass is 10.1. The first-order valence-electron chi connectivity index (χ1n) is 9.43. The standard InChI is InChI=1S/C21H25FN4O3/c1-6-26-14(3)18(13(2)23-26)11-25(5)21(27)20-19(15(4)29-24-20)12-28-17-9-7-8-16(22)10-17/h7-10H,6,11-12H2,1-5H3. The second-order valence-corrected chi connectivity index (χ2v) is 6.94. The molecule has 0 aliphatic carbocycles. The molecule has 8 heteroatoms. The third kappa shape index (κ3) is 4.31. The Morgan fingerprint density at radius 3 is 2.69 bits per heavy atom. The molecular formula is C21H25FN4O3. The molecule has 3 aromatic rings. The highest BCUT2D eigenvalue weighted by Gasteiger charge is 2.25. The first-order chi connectivity index (χ1) is 13.8. The molecule has 0 atom stereocenters. The van der Waals surface area contributed by atoms with Gasteiger partial charge in [-0.25, -0.2) is 4.39 Å². The number of halogens is 1. The van der Waals surface area contributed by atoms with Gasteiger partial charge in [0.25, 0.3) is 5.91 Å². The molecule has 0 aliphatic heterocycles. The van der Waals surface area contributed by atoms with Crippen LogP contribution >= 0.6 is 0 Å². The van der Waals surface area contributed by atoms with E-state index in [0.717, 1.165) is 23.5 Å². The van der Waals surface area contributed by atoms with Crippen molar-refractivity contribution in [1.82, 2.24) is 19.8 Å². The van der Waals surface area contributed by atoms with Crippen molar-refractivity contribution in [2.75, 3.05) is 7.05 Å². The van der Waals surface area contributed by atoms with E-state index in [1.165, 1.54) is 12.1 Å². The van der Waals surface area contributed by atoms with Crippen LogP contribution in [0.3, 0.4) is 0 Å². The van der Waals surface area contributed by atoms with E-state index in [1.807, 2.05) is 25.5 Å². The lowest BCUT2D eigenvalue weighted by Crippen LogP contribution is -2.28. The minimum Gasteiger partial charge on any atom is -0.489 e. The zero-order valence-electron chi connectivity index (χ0n) is 17.3. The van der Waals surface area contributed by atoms with E-state index in [1.54, 1.807) is 31.0 Å². The zero-order chi connectivity index (χ0) is 21.1. The highest BCUT2D eigenvalue weighted by molar-refractivity contribution is 5.93. The predicted octanol–water partition coefficient (Wildman–Crippen LogP) is 3.81. The van der Waals surface area contributed by atoms with Crippen molar-refractivity contribution in [3.05, 3.63) is 64.1 Å². The molecule has 2 aromatic heterocycles. The number of hydrogen-bond acceptors (Lipinski definition) is 5. The average molecular weight is 400 g/mol. The van der Waals surface area contributed by atoms with Gasteiger partial charge < -0.3 is 14.2 Å². The lowest BCUT2D eigenvalue weighted by molar-refractivity contribution is 0.0772. The summed E-state index contributed by atoms with van der Waals surface area (Å²) < 4.78 is 26.1. The van der Waals surface area contributed by atoms with Gasteiger partial charge in [-0.2, -0.15) is 5.10 Å². The van der Waals surface area contributed by atoms with E-state index in [-0.39, 0.29) is 24.0 Å². The molecule has 0 fully saturated rings. The molecule has 154 valence electrons. The van der Waals surface area contributed by atoms with Gasteiger partial charge in [0.2, 0.25) is 0 Å². The fraction of sp³-hybridized carbons (Fsp3) is 0.381. The summed E-state index contributed by atoms with van der Waals surface area (Å²) in [6.45, 7) is 8.91. The molecule has 0 N–H and O–H groups in total. The maximum absolute atomic E-state index is 13.3. The molecule has 0 radical (unpaired) electrons. The molecule has 0 bridgehead atoms. The Bertz CT molecular complexity index is 1030. The molecule has 0 spiro atoms. The van der Waals surface area contributed by atoms with Gasteiger partial charge >= 0.3 is 0 Å². The number of carbonyl (C=O) groups excluding carboxylic acids is 1. The first-order valence-corrected chi connectivity index (χ1v) is 9.43. The molecule has 7 nitrogen and oxygen atoms in total. The third-order valence-corrected chi connectivity index (χ3v) is 4.94. The van der Waals surface area contributed by atoms with Crippen LogP contribution in [0.1, 0.15) is 45.7 Å². The normalized spacial score (nSPS) is 11.0. The average Bonchev–Trinajstić information content (AvgIpc) is 3.19. The monoisotopic (exact) mass is 400 g/mol. The number of benzene rings is 1. The van der Waals surface area contributed by atoms with E-state index < -0.39 is 0 Å². The molecule has 1 amide bonds. The minimum atomic E-state index is -0.390. The lowest BCUT2D eigenvalue weighted by Gasteiger charge is -2.17. The second kappa shape index (κ2) is 8.46. The molecule has 0 saturated carbocycles. The summed E-state index contributed by atoms with van der Waals surface area (Å²) in [7, 11) is 1.71. The number of nitrogens with zero attached hydrogens (tertiary/aromatic N) is 4. The number of ether oxygens (including phenoxy) is 1. The van der Waals surface area contributed by atoms with Gasteiger partial charge in [-0.3, -0.25) is 9.48 Å². The molecule has 0 aliphatic rings. The molecule has 2 heterocycles. The van der Waals surface area contributed by atoms with E-state index in [2.05, 4.69) is 10.3 Å². The fourth-order valence-corrected chi connectivity index (χ4v) is 3.20. The van der Waals surface area contributed by atoms with Crippen molar-refractivity contribution in [2.24, 2.45) is 0 Å². The highest BCUT2D eigenvalue weighted by atomic mass is 19.1. The molecule has 0 saturated heterocycles. The van der Waals surface area contributed by atoms with E-state index in [0.29, 0.717) is 23.6 Å². The number of carbonyl (C=O) groups is 1. The SMILES string of the molecule is CCn1nc(C)c(CN(C)C(=O)c2noc(C)c2COc2cccc(F)c2)c1C. The summed E-state index contributed by atoms with van der Waals surface area (Å²) in [5, 5.41) is 8.43. The number of hydrogen-bond donors (Lipinski definition) is 0. The van der Waals surface area contributed by atoms with Gasteiger partial charge in [0.1, 0.15) is 23.9 Å². The smallest absolute Gasteiger partial charge is 0.276 e. The number of amides is 1. The van der Waals surface area contributed by atoms with E-state index >= 15 is 0 Å². The van der Waals surface area contributed by atoms with Crippen molar-refractivity contribution >= 4 is 5.91 Å². The Hall–Kier alpha value is -3.16. The Kier molecular flexibility index (Phi) is 6.00. The van der Waals surface area contributed by atoms with E-state index in [4.69, 9.17) is 9.26 Å². The van der Waals surface area contributed by atoms with Crippen LogP contribution in [-0.4, -0.2) is 32.8 Å². The van der Waals surface area contributed by atoms with Crippen LogP contribution in [0.4, 0.5) is 4.39 Å².